The van der Waals surface area contributed by atoms with Crippen molar-refractivity contribution in [1.82, 2.24) is 10.6 Å². The second-order valence-electron chi connectivity index (χ2n) is 6.59. The predicted octanol–water partition coefficient (Wildman–Crippen LogP) is 3.48. The first-order valence-corrected chi connectivity index (χ1v) is 10.6. The van der Waals surface area contributed by atoms with Crippen LogP contribution >= 0.6 is 28.1 Å². The second-order valence-corrected chi connectivity index (χ2v) is 7.92. The van der Waals surface area contributed by atoms with Gasteiger partial charge in [-0.25, -0.2) is 0 Å². The summed E-state index contributed by atoms with van der Waals surface area (Å²) in [6, 6.07) is 12.0. The minimum absolute atomic E-state index is 0.00555. The third kappa shape index (κ3) is 7.08. The molecule has 0 spiro atoms. The molecular formula is C21H24BrN3O4S. The molecule has 0 aromatic heterocycles. The molecule has 0 bridgehead atoms. The highest BCUT2D eigenvalue weighted by molar-refractivity contribution is 9.10. The number of carbonyl (C=O) groups excluding carboxylic acids is 2. The summed E-state index contributed by atoms with van der Waals surface area (Å²) in [6.07, 6.45) is 0.363. The van der Waals surface area contributed by atoms with Crippen LogP contribution in [0.25, 0.3) is 0 Å². The minimum Gasteiger partial charge on any atom is -0.490 e. The van der Waals surface area contributed by atoms with Crippen LogP contribution in [-0.2, 0) is 0 Å². The van der Waals surface area contributed by atoms with E-state index in [2.05, 4.69) is 31.9 Å². The van der Waals surface area contributed by atoms with Crippen LogP contribution in [-0.4, -0.2) is 41.3 Å². The van der Waals surface area contributed by atoms with Crippen LogP contribution in [0.3, 0.4) is 0 Å². The van der Waals surface area contributed by atoms with Gasteiger partial charge in [-0.1, -0.05) is 28.1 Å². The summed E-state index contributed by atoms with van der Waals surface area (Å²) in [5.41, 5.74) is 1.16. The highest BCUT2D eigenvalue weighted by Gasteiger charge is 2.17. The molecule has 0 atom stereocenters. The number of aliphatic hydroxyl groups excluding tert-OH is 1. The third-order valence-electron chi connectivity index (χ3n) is 3.82. The lowest BCUT2D eigenvalue weighted by molar-refractivity contribution is 0.0949. The molecule has 9 heteroatoms. The van der Waals surface area contributed by atoms with E-state index in [9.17, 15) is 9.59 Å². The number of para-hydroxylation sites is 1. The zero-order valence-electron chi connectivity index (χ0n) is 16.7. The molecule has 0 aliphatic carbocycles. The molecule has 4 N–H and O–H groups in total. The Kier molecular flexibility index (Phi) is 9.22. The SMILES string of the molecule is CC(C)Oc1ccc(Br)cc1C(=O)NC(=S)Nc1ccccc1C(=O)NCCCO. The lowest BCUT2D eigenvalue weighted by Gasteiger charge is -2.16. The molecule has 2 aromatic rings. The molecule has 2 rings (SSSR count). The van der Waals surface area contributed by atoms with E-state index in [1.165, 1.54) is 0 Å². The van der Waals surface area contributed by atoms with Crippen LogP contribution in [0.4, 0.5) is 5.69 Å². The van der Waals surface area contributed by atoms with Crippen molar-refractivity contribution in [3.63, 3.8) is 0 Å². The molecule has 2 aromatic carbocycles. The number of ether oxygens (including phenoxy) is 1. The molecule has 0 fully saturated rings. The van der Waals surface area contributed by atoms with Crippen LogP contribution in [0.5, 0.6) is 5.75 Å². The van der Waals surface area contributed by atoms with Gasteiger partial charge in [0.2, 0.25) is 0 Å². The van der Waals surface area contributed by atoms with Crippen LogP contribution < -0.4 is 20.7 Å². The van der Waals surface area contributed by atoms with Crippen molar-refractivity contribution in [2.75, 3.05) is 18.5 Å². The predicted molar refractivity (Wildman–Crippen MR) is 124 cm³/mol. The van der Waals surface area contributed by atoms with E-state index in [1.54, 1.807) is 42.5 Å². The summed E-state index contributed by atoms with van der Waals surface area (Å²) < 4.78 is 6.43. The van der Waals surface area contributed by atoms with Gasteiger partial charge in [-0.15, -0.1) is 0 Å². The van der Waals surface area contributed by atoms with E-state index < -0.39 is 5.91 Å². The molecule has 0 saturated carbocycles. The van der Waals surface area contributed by atoms with Crippen molar-refractivity contribution in [3.8, 4) is 5.75 Å². The third-order valence-corrected chi connectivity index (χ3v) is 4.51. The molecular weight excluding hydrogens is 470 g/mol. The number of nitrogens with one attached hydrogen (secondary N) is 3. The summed E-state index contributed by atoms with van der Waals surface area (Å²) in [5.74, 6) is -0.299. The Morgan fingerprint density at radius 1 is 1.13 bits per heavy atom. The van der Waals surface area contributed by atoms with Crippen molar-refractivity contribution in [3.05, 3.63) is 58.1 Å². The number of carbonyl (C=O) groups is 2. The smallest absolute Gasteiger partial charge is 0.261 e. The Bertz CT molecular complexity index is 921. The van der Waals surface area contributed by atoms with Crippen LogP contribution in [0.1, 0.15) is 41.0 Å². The number of thiocarbonyl (C=S) groups is 1. The first-order valence-electron chi connectivity index (χ1n) is 9.38. The maximum atomic E-state index is 12.8. The monoisotopic (exact) mass is 493 g/mol. The Labute approximate surface area is 189 Å². The largest absolute Gasteiger partial charge is 0.490 e. The Morgan fingerprint density at radius 2 is 1.87 bits per heavy atom. The van der Waals surface area contributed by atoms with Gasteiger partial charge < -0.3 is 20.5 Å². The normalized spacial score (nSPS) is 10.4. The van der Waals surface area contributed by atoms with Gasteiger partial charge in [0.05, 0.1) is 22.9 Å². The number of amides is 2. The maximum absolute atomic E-state index is 12.8. The highest BCUT2D eigenvalue weighted by Crippen LogP contribution is 2.24. The molecule has 0 saturated heterocycles. The van der Waals surface area contributed by atoms with Crippen molar-refractivity contribution in [2.24, 2.45) is 0 Å². The number of hydrogen-bond acceptors (Lipinski definition) is 5. The molecule has 7 nitrogen and oxygen atoms in total. The molecule has 30 heavy (non-hydrogen) atoms. The van der Waals surface area contributed by atoms with Gasteiger partial charge in [-0.05, 0) is 62.8 Å². The van der Waals surface area contributed by atoms with E-state index in [4.69, 9.17) is 22.1 Å². The quantitative estimate of drug-likeness (QED) is 0.331. The van der Waals surface area contributed by atoms with Crippen molar-refractivity contribution in [1.29, 1.82) is 0 Å². The number of aliphatic hydroxyl groups is 1. The molecule has 0 unspecified atom stereocenters. The van der Waals surface area contributed by atoms with Gasteiger partial charge in [-0.2, -0.15) is 0 Å². The number of benzene rings is 2. The van der Waals surface area contributed by atoms with Gasteiger partial charge in [0.15, 0.2) is 5.11 Å². The van der Waals surface area contributed by atoms with Gasteiger partial charge in [0.1, 0.15) is 5.75 Å². The molecule has 0 aliphatic heterocycles. The van der Waals surface area contributed by atoms with Crippen molar-refractivity contribution < 1.29 is 19.4 Å². The highest BCUT2D eigenvalue weighted by atomic mass is 79.9. The molecule has 0 aliphatic rings. The summed E-state index contributed by atoms with van der Waals surface area (Å²) in [6.45, 7) is 4.09. The molecule has 0 radical (unpaired) electrons. The summed E-state index contributed by atoms with van der Waals surface area (Å²) in [4.78, 5) is 25.1. The lowest BCUT2D eigenvalue weighted by atomic mass is 10.1. The second kappa shape index (κ2) is 11.6. The average molecular weight is 494 g/mol. The minimum atomic E-state index is -0.436. The first-order chi connectivity index (χ1) is 14.3. The topological polar surface area (TPSA) is 99.7 Å². The Balaban J connectivity index is 2.11. The fourth-order valence-electron chi connectivity index (χ4n) is 2.53. The fraction of sp³-hybridized carbons (Fsp3) is 0.286. The van der Waals surface area contributed by atoms with E-state index in [-0.39, 0.29) is 23.7 Å². The molecule has 160 valence electrons. The van der Waals surface area contributed by atoms with Crippen molar-refractivity contribution in [2.45, 2.75) is 26.4 Å². The van der Waals surface area contributed by atoms with E-state index in [0.717, 1.165) is 4.47 Å². The summed E-state index contributed by atoms with van der Waals surface area (Å²) >= 11 is 8.63. The zero-order chi connectivity index (χ0) is 22.1. The number of hydrogen-bond donors (Lipinski definition) is 4. The number of anilines is 1. The standard InChI is InChI=1S/C21H24BrN3O4S/c1-13(2)29-18-9-8-14(22)12-16(18)20(28)25-21(30)24-17-7-4-3-6-15(17)19(27)23-10-5-11-26/h3-4,6-9,12-13,26H,5,10-11H2,1-2H3,(H,23,27)(H2,24,25,28,30). The van der Waals surface area contributed by atoms with Gasteiger partial charge >= 0.3 is 0 Å². The van der Waals surface area contributed by atoms with E-state index >= 15 is 0 Å². The van der Waals surface area contributed by atoms with Gasteiger partial charge in [0, 0.05) is 17.6 Å². The summed E-state index contributed by atoms with van der Waals surface area (Å²) in [7, 11) is 0. The molecule has 0 heterocycles. The van der Waals surface area contributed by atoms with Gasteiger partial charge in [-0.3, -0.25) is 14.9 Å². The van der Waals surface area contributed by atoms with Crippen molar-refractivity contribution >= 4 is 50.8 Å². The fourth-order valence-corrected chi connectivity index (χ4v) is 3.09. The van der Waals surface area contributed by atoms with E-state index in [0.29, 0.717) is 35.5 Å². The Hall–Kier alpha value is -2.49. The number of rotatable bonds is 8. The summed E-state index contributed by atoms with van der Waals surface area (Å²) in [5, 5.41) is 17.1. The van der Waals surface area contributed by atoms with E-state index in [1.807, 2.05) is 13.8 Å². The zero-order valence-corrected chi connectivity index (χ0v) is 19.1. The maximum Gasteiger partial charge on any atom is 0.261 e. The lowest BCUT2D eigenvalue weighted by Crippen LogP contribution is -2.35. The van der Waals surface area contributed by atoms with Crippen LogP contribution in [0.15, 0.2) is 46.9 Å². The molecule has 2 amide bonds. The first kappa shape index (κ1) is 23.8. The van der Waals surface area contributed by atoms with Crippen LogP contribution in [0.2, 0.25) is 0 Å². The van der Waals surface area contributed by atoms with Crippen LogP contribution in [0, 0.1) is 0 Å². The number of halogens is 1. The average Bonchev–Trinajstić information content (AvgIpc) is 2.69. The van der Waals surface area contributed by atoms with Gasteiger partial charge in [0.25, 0.3) is 11.8 Å². The Morgan fingerprint density at radius 3 is 2.57 bits per heavy atom.